The van der Waals surface area contributed by atoms with E-state index in [9.17, 15) is 4.79 Å². The highest BCUT2D eigenvalue weighted by atomic mass is 79.9. The lowest BCUT2D eigenvalue weighted by atomic mass is 10.2. The van der Waals surface area contributed by atoms with Gasteiger partial charge in [0.05, 0.1) is 5.56 Å². The molecule has 5 heteroatoms. The SMILES string of the molecule is NC(=O)c1cccc2nc(-c3ccc(Br)cc3)oc12. The lowest BCUT2D eigenvalue weighted by Gasteiger charge is -1.95. The highest BCUT2D eigenvalue weighted by Crippen LogP contribution is 2.27. The van der Waals surface area contributed by atoms with E-state index in [1.165, 1.54) is 0 Å². The van der Waals surface area contributed by atoms with Crippen LogP contribution in [0.25, 0.3) is 22.6 Å². The summed E-state index contributed by atoms with van der Waals surface area (Å²) in [6.07, 6.45) is 0. The van der Waals surface area contributed by atoms with Gasteiger partial charge in [-0.25, -0.2) is 4.98 Å². The molecule has 1 heterocycles. The second kappa shape index (κ2) is 4.51. The summed E-state index contributed by atoms with van der Waals surface area (Å²) in [7, 11) is 0. The number of hydrogen-bond donors (Lipinski definition) is 1. The zero-order valence-corrected chi connectivity index (χ0v) is 11.3. The van der Waals surface area contributed by atoms with E-state index >= 15 is 0 Å². The zero-order valence-electron chi connectivity index (χ0n) is 9.76. The summed E-state index contributed by atoms with van der Waals surface area (Å²) >= 11 is 3.37. The molecule has 0 fully saturated rings. The van der Waals surface area contributed by atoms with Crippen LogP contribution >= 0.6 is 15.9 Å². The van der Waals surface area contributed by atoms with E-state index in [1.54, 1.807) is 18.2 Å². The van der Waals surface area contributed by atoms with Crippen LogP contribution in [-0.2, 0) is 0 Å². The molecule has 3 aromatic rings. The van der Waals surface area contributed by atoms with Crippen LogP contribution in [0.2, 0.25) is 0 Å². The maximum atomic E-state index is 11.3. The third-order valence-corrected chi connectivity index (χ3v) is 3.30. The van der Waals surface area contributed by atoms with Crippen LogP contribution in [0, 0.1) is 0 Å². The van der Waals surface area contributed by atoms with Crippen molar-refractivity contribution in [1.82, 2.24) is 4.98 Å². The van der Waals surface area contributed by atoms with E-state index < -0.39 is 5.91 Å². The van der Waals surface area contributed by atoms with Crippen LogP contribution in [0.4, 0.5) is 0 Å². The van der Waals surface area contributed by atoms with Crippen molar-refractivity contribution >= 4 is 32.9 Å². The first kappa shape index (κ1) is 11.9. The molecule has 4 nitrogen and oxygen atoms in total. The number of primary amides is 1. The van der Waals surface area contributed by atoms with Crippen molar-refractivity contribution in [3.05, 3.63) is 52.5 Å². The molecule has 1 aromatic heterocycles. The Morgan fingerprint density at radius 2 is 1.89 bits per heavy atom. The highest BCUT2D eigenvalue weighted by Gasteiger charge is 2.14. The van der Waals surface area contributed by atoms with Crippen LogP contribution < -0.4 is 5.73 Å². The fourth-order valence-electron chi connectivity index (χ4n) is 1.86. The number of amides is 1. The second-order valence-corrected chi connectivity index (χ2v) is 4.96. The molecule has 2 N–H and O–H groups in total. The summed E-state index contributed by atoms with van der Waals surface area (Å²) < 4.78 is 6.64. The number of carbonyl (C=O) groups is 1. The molecule has 2 aromatic carbocycles. The van der Waals surface area contributed by atoms with Crippen molar-refractivity contribution in [2.75, 3.05) is 0 Å². The van der Waals surface area contributed by atoms with E-state index in [1.807, 2.05) is 24.3 Å². The van der Waals surface area contributed by atoms with Crippen LogP contribution in [0.3, 0.4) is 0 Å². The summed E-state index contributed by atoms with van der Waals surface area (Å²) in [6.45, 7) is 0. The van der Waals surface area contributed by atoms with Gasteiger partial charge in [-0.3, -0.25) is 4.79 Å². The van der Waals surface area contributed by atoms with Crippen LogP contribution in [0.5, 0.6) is 0 Å². The lowest BCUT2D eigenvalue weighted by molar-refractivity contribution is 0.100. The van der Waals surface area contributed by atoms with Gasteiger partial charge in [0.25, 0.3) is 5.91 Å². The number of aromatic nitrogens is 1. The number of oxazole rings is 1. The monoisotopic (exact) mass is 316 g/mol. The predicted octanol–water partition coefficient (Wildman–Crippen LogP) is 3.36. The molecule has 3 rings (SSSR count). The predicted molar refractivity (Wildman–Crippen MR) is 75.7 cm³/mol. The molecule has 0 radical (unpaired) electrons. The van der Waals surface area contributed by atoms with Crippen molar-refractivity contribution in [2.24, 2.45) is 5.73 Å². The molecule has 19 heavy (non-hydrogen) atoms. The lowest BCUT2D eigenvalue weighted by Crippen LogP contribution is -2.10. The maximum Gasteiger partial charge on any atom is 0.252 e. The van der Waals surface area contributed by atoms with E-state index in [0.29, 0.717) is 22.6 Å². The molecule has 0 unspecified atom stereocenters. The number of hydrogen-bond acceptors (Lipinski definition) is 3. The first-order chi connectivity index (χ1) is 9.15. The van der Waals surface area contributed by atoms with E-state index in [-0.39, 0.29) is 0 Å². The molecule has 0 aliphatic carbocycles. The fourth-order valence-corrected chi connectivity index (χ4v) is 2.12. The summed E-state index contributed by atoms with van der Waals surface area (Å²) in [4.78, 5) is 15.7. The molecule has 94 valence electrons. The van der Waals surface area contributed by atoms with Gasteiger partial charge in [-0.15, -0.1) is 0 Å². The number of halogens is 1. The van der Waals surface area contributed by atoms with Gasteiger partial charge in [-0.05, 0) is 36.4 Å². The number of benzene rings is 2. The highest BCUT2D eigenvalue weighted by molar-refractivity contribution is 9.10. The van der Waals surface area contributed by atoms with Crippen LogP contribution in [-0.4, -0.2) is 10.9 Å². The van der Waals surface area contributed by atoms with Gasteiger partial charge in [0, 0.05) is 10.0 Å². The minimum Gasteiger partial charge on any atom is -0.435 e. The summed E-state index contributed by atoms with van der Waals surface area (Å²) in [5, 5.41) is 0. The van der Waals surface area contributed by atoms with Crippen molar-refractivity contribution in [3.63, 3.8) is 0 Å². The topological polar surface area (TPSA) is 69.1 Å². The quantitative estimate of drug-likeness (QED) is 0.788. The Bertz CT molecular complexity index is 763. The third kappa shape index (κ3) is 2.13. The molecule has 0 saturated heterocycles. The summed E-state index contributed by atoms with van der Waals surface area (Å²) in [5.41, 5.74) is 7.54. The number of carbonyl (C=O) groups excluding carboxylic acids is 1. The smallest absolute Gasteiger partial charge is 0.252 e. The normalized spacial score (nSPS) is 10.8. The van der Waals surface area contributed by atoms with Crippen molar-refractivity contribution in [1.29, 1.82) is 0 Å². The fraction of sp³-hybridized carbons (Fsp3) is 0. The third-order valence-electron chi connectivity index (χ3n) is 2.77. The van der Waals surface area contributed by atoms with Gasteiger partial charge in [0.1, 0.15) is 5.52 Å². The Labute approximate surface area is 117 Å². The molecule has 0 aliphatic rings. The van der Waals surface area contributed by atoms with Crippen molar-refractivity contribution < 1.29 is 9.21 Å². The number of rotatable bonds is 2. The van der Waals surface area contributed by atoms with Gasteiger partial charge in [0.15, 0.2) is 5.58 Å². The molecule has 0 spiro atoms. The molecule has 0 bridgehead atoms. The minimum absolute atomic E-state index is 0.341. The maximum absolute atomic E-state index is 11.3. The van der Waals surface area contributed by atoms with Gasteiger partial charge in [-0.2, -0.15) is 0 Å². The largest absolute Gasteiger partial charge is 0.435 e. The van der Waals surface area contributed by atoms with Crippen molar-refractivity contribution in [2.45, 2.75) is 0 Å². The van der Waals surface area contributed by atoms with E-state index in [2.05, 4.69) is 20.9 Å². The average Bonchev–Trinajstić information content (AvgIpc) is 2.82. The van der Waals surface area contributed by atoms with Crippen LogP contribution in [0.15, 0.2) is 51.4 Å². The Morgan fingerprint density at radius 3 is 2.58 bits per heavy atom. The molecule has 1 amide bonds. The minimum atomic E-state index is -0.524. The Hall–Kier alpha value is -2.14. The molecule has 0 atom stereocenters. The van der Waals surface area contributed by atoms with Gasteiger partial charge >= 0.3 is 0 Å². The van der Waals surface area contributed by atoms with Gasteiger partial charge in [0.2, 0.25) is 5.89 Å². The molecule has 0 aliphatic heterocycles. The Kier molecular flexibility index (Phi) is 2.83. The standard InChI is InChI=1S/C14H9BrN2O2/c15-9-6-4-8(5-7-9)14-17-11-3-1-2-10(13(16)18)12(11)19-14/h1-7H,(H2,16,18). The van der Waals surface area contributed by atoms with Crippen molar-refractivity contribution in [3.8, 4) is 11.5 Å². The van der Waals surface area contributed by atoms with E-state index in [0.717, 1.165) is 10.0 Å². The number of para-hydroxylation sites is 1. The van der Waals surface area contributed by atoms with Gasteiger partial charge < -0.3 is 10.2 Å². The second-order valence-electron chi connectivity index (χ2n) is 4.04. The molecule has 0 saturated carbocycles. The number of nitrogens with two attached hydrogens (primary N) is 1. The number of fused-ring (bicyclic) bond motifs is 1. The number of nitrogens with zero attached hydrogens (tertiary/aromatic N) is 1. The summed E-state index contributed by atoms with van der Waals surface area (Å²) in [6, 6.07) is 12.7. The first-order valence-corrected chi connectivity index (χ1v) is 6.40. The average molecular weight is 317 g/mol. The Balaban J connectivity index is 2.19. The summed E-state index contributed by atoms with van der Waals surface area (Å²) in [5.74, 6) is -0.0553. The zero-order chi connectivity index (χ0) is 13.4. The van der Waals surface area contributed by atoms with Gasteiger partial charge in [-0.1, -0.05) is 22.0 Å². The molecular formula is C14H9BrN2O2. The Morgan fingerprint density at radius 1 is 1.16 bits per heavy atom. The first-order valence-electron chi connectivity index (χ1n) is 5.60. The van der Waals surface area contributed by atoms with Crippen LogP contribution in [0.1, 0.15) is 10.4 Å². The van der Waals surface area contributed by atoms with E-state index in [4.69, 9.17) is 10.2 Å². The molecular weight excluding hydrogens is 308 g/mol.